The molecule has 0 spiro atoms. The smallest absolute Gasteiger partial charge is 0.123 e. The molecule has 1 rings (SSSR count). The van der Waals surface area contributed by atoms with Crippen LogP contribution < -0.4 is 20.7 Å². The summed E-state index contributed by atoms with van der Waals surface area (Å²) in [6.07, 6.45) is 1.15. The van der Waals surface area contributed by atoms with Crippen molar-refractivity contribution in [2.24, 2.45) is 5.84 Å². The van der Waals surface area contributed by atoms with Crippen molar-refractivity contribution in [1.82, 2.24) is 5.43 Å². The van der Waals surface area contributed by atoms with Crippen molar-refractivity contribution >= 4 is 11.8 Å². The van der Waals surface area contributed by atoms with Gasteiger partial charge in [-0.05, 0) is 24.6 Å². The highest BCUT2D eigenvalue weighted by atomic mass is 32.2. The zero-order valence-electron chi connectivity index (χ0n) is 12.1. The molecule has 0 saturated heterocycles. The summed E-state index contributed by atoms with van der Waals surface area (Å²) in [5, 5.41) is 0.618. The van der Waals surface area contributed by atoms with Crippen LogP contribution in [0, 0.1) is 0 Å². The summed E-state index contributed by atoms with van der Waals surface area (Å²) >= 11 is 1.90. The molecule has 0 radical (unpaired) electrons. The van der Waals surface area contributed by atoms with E-state index >= 15 is 0 Å². The summed E-state index contributed by atoms with van der Waals surface area (Å²) in [6.45, 7) is 4.41. The first-order chi connectivity index (χ1) is 9.15. The largest absolute Gasteiger partial charge is 0.497 e. The molecular formula is C14H24N2O2S. The third-order valence-corrected chi connectivity index (χ3v) is 4.56. The SMILES string of the molecule is CCC(C)SCC(NN)c1cc(OC)ccc1OC. The van der Waals surface area contributed by atoms with Crippen molar-refractivity contribution in [3.05, 3.63) is 23.8 Å². The van der Waals surface area contributed by atoms with Crippen LogP contribution >= 0.6 is 11.8 Å². The topological polar surface area (TPSA) is 56.5 Å². The fourth-order valence-corrected chi connectivity index (χ4v) is 2.75. The first-order valence-electron chi connectivity index (χ1n) is 6.45. The second-order valence-corrected chi connectivity index (χ2v) is 5.85. The Morgan fingerprint density at radius 2 is 2.05 bits per heavy atom. The number of rotatable bonds is 8. The van der Waals surface area contributed by atoms with Gasteiger partial charge in [-0.2, -0.15) is 11.8 Å². The summed E-state index contributed by atoms with van der Waals surface area (Å²) in [6, 6.07) is 5.81. The molecular weight excluding hydrogens is 260 g/mol. The lowest BCUT2D eigenvalue weighted by molar-refractivity contribution is 0.393. The zero-order valence-corrected chi connectivity index (χ0v) is 12.9. The highest BCUT2D eigenvalue weighted by Crippen LogP contribution is 2.31. The van der Waals surface area contributed by atoms with E-state index in [9.17, 15) is 0 Å². The first kappa shape index (κ1) is 16.1. The molecule has 2 atom stereocenters. The van der Waals surface area contributed by atoms with Gasteiger partial charge in [0.05, 0.1) is 20.3 Å². The molecule has 0 aliphatic carbocycles. The number of thioether (sulfide) groups is 1. The summed E-state index contributed by atoms with van der Waals surface area (Å²) in [5.74, 6) is 8.22. The standard InChI is InChI=1S/C14H24N2O2S/c1-5-10(2)19-9-13(16-15)12-8-11(17-3)6-7-14(12)18-4/h6-8,10,13,16H,5,9,15H2,1-4H3. The minimum atomic E-state index is 0.0454. The Morgan fingerprint density at radius 3 is 2.58 bits per heavy atom. The number of hydrogen-bond donors (Lipinski definition) is 2. The number of methoxy groups -OCH3 is 2. The monoisotopic (exact) mass is 284 g/mol. The predicted octanol–water partition coefficient (Wildman–Crippen LogP) is 2.74. The van der Waals surface area contributed by atoms with E-state index in [4.69, 9.17) is 15.3 Å². The molecule has 0 fully saturated rings. The Balaban J connectivity index is 2.89. The molecule has 0 aliphatic heterocycles. The molecule has 2 unspecified atom stereocenters. The molecule has 3 N–H and O–H groups in total. The molecule has 0 aromatic heterocycles. The van der Waals surface area contributed by atoms with Gasteiger partial charge in [0.25, 0.3) is 0 Å². The van der Waals surface area contributed by atoms with Gasteiger partial charge in [-0.15, -0.1) is 0 Å². The van der Waals surface area contributed by atoms with Crippen LogP contribution in [0.4, 0.5) is 0 Å². The van der Waals surface area contributed by atoms with Gasteiger partial charge in [-0.3, -0.25) is 11.3 Å². The summed E-state index contributed by atoms with van der Waals surface area (Å²) < 4.78 is 10.7. The average Bonchev–Trinajstić information content (AvgIpc) is 2.47. The Labute approximate surface area is 120 Å². The first-order valence-corrected chi connectivity index (χ1v) is 7.50. The number of hydrogen-bond acceptors (Lipinski definition) is 5. The number of nitrogens with two attached hydrogens (primary N) is 1. The normalized spacial score (nSPS) is 13.9. The van der Waals surface area contributed by atoms with Crippen molar-refractivity contribution in [2.45, 2.75) is 31.6 Å². The highest BCUT2D eigenvalue weighted by Gasteiger charge is 2.17. The number of benzene rings is 1. The van der Waals surface area contributed by atoms with E-state index in [-0.39, 0.29) is 6.04 Å². The molecule has 4 nitrogen and oxygen atoms in total. The fraction of sp³-hybridized carbons (Fsp3) is 0.571. The van der Waals surface area contributed by atoms with Gasteiger partial charge in [0, 0.05) is 16.6 Å². The van der Waals surface area contributed by atoms with Gasteiger partial charge < -0.3 is 9.47 Å². The van der Waals surface area contributed by atoms with Crippen LogP contribution in [-0.4, -0.2) is 25.2 Å². The second kappa shape index (κ2) is 8.30. The van der Waals surface area contributed by atoms with Crippen LogP contribution in [-0.2, 0) is 0 Å². The van der Waals surface area contributed by atoms with Crippen molar-refractivity contribution in [3.63, 3.8) is 0 Å². The Kier molecular flexibility index (Phi) is 7.05. The van der Waals surface area contributed by atoms with E-state index < -0.39 is 0 Å². The van der Waals surface area contributed by atoms with Crippen LogP contribution in [0.2, 0.25) is 0 Å². The molecule has 0 saturated carbocycles. The lowest BCUT2D eigenvalue weighted by Crippen LogP contribution is -2.30. The molecule has 0 bridgehead atoms. The second-order valence-electron chi connectivity index (χ2n) is 4.38. The van der Waals surface area contributed by atoms with Gasteiger partial charge in [0.15, 0.2) is 0 Å². The zero-order chi connectivity index (χ0) is 14.3. The molecule has 19 heavy (non-hydrogen) atoms. The van der Waals surface area contributed by atoms with Crippen molar-refractivity contribution in [3.8, 4) is 11.5 Å². The number of hydrazine groups is 1. The maximum atomic E-state index is 5.69. The van der Waals surface area contributed by atoms with Crippen LogP contribution in [0.5, 0.6) is 11.5 Å². The summed E-state index contributed by atoms with van der Waals surface area (Å²) in [5.41, 5.74) is 3.90. The minimum Gasteiger partial charge on any atom is -0.497 e. The van der Waals surface area contributed by atoms with E-state index in [1.165, 1.54) is 0 Å². The molecule has 0 aliphatic rings. The van der Waals surface area contributed by atoms with Gasteiger partial charge in [0.2, 0.25) is 0 Å². The van der Waals surface area contributed by atoms with Crippen LogP contribution in [0.15, 0.2) is 18.2 Å². The van der Waals surface area contributed by atoms with Crippen LogP contribution in [0.1, 0.15) is 31.9 Å². The maximum absolute atomic E-state index is 5.69. The molecule has 5 heteroatoms. The lowest BCUT2D eigenvalue weighted by Gasteiger charge is -2.21. The van der Waals surface area contributed by atoms with E-state index in [0.29, 0.717) is 5.25 Å². The van der Waals surface area contributed by atoms with E-state index in [1.807, 2.05) is 30.0 Å². The molecule has 0 amide bonds. The van der Waals surface area contributed by atoms with E-state index in [1.54, 1.807) is 14.2 Å². The summed E-state index contributed by atoms with van der Waals surface area (Å²) in [4.78, 5) is 0. The number of ether oxygens (including phenoxy) is 2. The fourth-order valence-electron chi connectivity index (χ4n) is 1.72. The van der Waals surface area contributed by atoms with Gasteiger partial charge in [-0.1, -0.05) is 13.8 Å². The Bertz CT molecular complexity index is 388. The molecule has 1 aromatic rings. The van der Waals surface area contributed by atoms with Crippen LogP contribution in [0.3, 0.4) is 0 Å². The minimum absolute atomic E-state index is 0.0454. The molecule has 108 valence electrons. The van der Waals surface area contributed by atoms with Gasteiger partial charge in [-0.25, -0.2) is 0 Å². The van der Waals surface area contributed by atoms with E-state index in [0.717, 1.165) is 29.2 Å². The molecule has 0 heterocycles. The average molecular weight is 284 g/mol. The van der Waals surface area contributed by atoms with Gasteiger partial charge >= 0.3 is 0 Å². The predicted molar refractivity (Wildman–Crippen MR) is 81.8 cm³/mol. The highest BCUT2D eigenvalue weighted by molar-refractivity contribution is 7.99. The Morgan fingerprint density at radius 1 is 1.32 bits per heavy atom. The number of nitrogens with one attached hydrogen (secondary N) is 1. The van der Waals surface area contributed by atoms with Crippen molar-refractivity contribution < 1.29 is 9.47 Å². The third-order valence-electron chi connectivity index (χ3n) is 3.14. The lowest BCUT2D eigenvalue weighted by atomic mass is 10.1. The molecule has 1 aromatic carbocycles. The van der Waals surface area contributed by atoms with Crippen molar-refractivity contribution in [2.75, 3.05) is 20.0 Å². The van der Waals surface area contributed by atoms with Gasteiger partial charge in [0.1, 0.15) is 11.5 Å². The van der Waals surface area contributed by atoms with Crippen LogP contribution in [0.25, 0.3) is 0 Å². The quantitative estimate of drug-likeness (QED) is 0.568. The third kappa shape index (κ3) is 4.60. The van der Waals surface area contributed by atoms with E-state index in [2.05, 4.69) is 19.3 Å². The van der Waals surface area contributed by atoms with Crippen molar-refractivity contribution in [1.29, 1.82) is 0 Å². The summed E-state index contributed by atoms with van der Waals surface area (Å²) in [7, 11) is 3.32. The Hall–Kier alpha value is -0.910. The maximum Gasteiger partial charge on any atom is 0.123 e.